The average Bonchev–Trinajstić information content (AvgIpc) is 2.36. The van der Waals surface area contributed by atoms with Crippen LogP contribution in [0, 0.1) is 5.92 Å². The Labute approximate surface area is 113 Å². The van der Waals surface area contributed by atoms with Gasteiger partial charge in [-0.3, -0.25) is 4.90 Å². The first kappa shape index (κ1) is 15.7. The van der Waals surface area contributed by atoms with Gasteiger partial charge in [-0.15, -0.1) is 0 Å². The number of rotatable bonds is 8. The third kappa shape index (κ3) is 5.51. The minimum absolute atomic E-state index is 0.670. The lowest BCUT2D eigenvalue weighted by molar-refractivity contribution is 0.181. The number of ether oxygens (including phenoxy) is 1. The molecule has 1 unspecified atom stereocenters. The maximum absolute atomic E-state index is 5.20. The van der Waals surface area contributed by atoms with Gasteiger partial charge in [0.25, 0.3) is 0 Å². The van der Waals surface area contributed by atoms with E-state index < -0.39 is 0 Å². The van der Waals surface area contributed by atoms with E-state index in [0.717, 1.165) is 38.6 Å². The zero-order valence-corrected chi connectivity index (χ0v) is 12.5. The molecule has 1 aliphatic heterocycles. The van der Waals surface area contributed by atoms with Crippen LogP contribution in [0.2, 0.25) is 0 Å². The molecule has 1 aliphatic rings. The van der Waals surface area contributed by atoms with Crippen LogP contribution >= 0.6 is 0 Å². The van der Waals surface area contributed by atoms with Crippen molar-refractivity contribution in [1.29, 1.82) is 0 Å². The summed E-state index contributed by atoms with van der Waals surface area (Å²) in [5, 5.41) is 3.58. The molecule has 0 aromatic carbocycles. The summed E-state index contributed by atoms with van der Waals surface area (Å²) in [6.07, 6.45) is 4.73. The van der Waals surface area contributed by atoms with Crippen LogP contribution in [0.3, 0.4) is 0 Å². The van der Waals surface area contributed by atoms with Gasteiger partial charge in [-0.25, -0.2) is 0 Å². The predicted molar refractivity (Wildman–Crippen MR) is 77.9 cm³/mol. The summed E-state index contributed by atoms with van der Waals surface area (Å²) < 4.78 is 5.20. The summed E-state index contributed by atoms with van der Waals surface area (Å²) in [6.45, 7) is 12.1. The quantitative estimate of drug-likeness (QED) is 0.673. The topological polar surface area (TPSA) is 24.5 Å². The van der Waals surface area contributed by atoms with Crippen LogP contribution in [0.25, 0.3) is 0 Å². The standard InChI is InChI=1S/C15H30N2O/c1-5-15(11-16-10-13(2)3)17-8-6-14(7-9-17)12-18-4/h6,13,15-16H,5,7-12H2,1-4H3. The van der Waals surface area contributed by atoms with Crippen molar-refractivity contribution in [2.24, 2.45) is 5.92 Å². The van der Waals surface area contributed by atoms with Crippen molar-refractivity contribution in [2.45, 2.75) is 39.7 Å². The molecule has 3 nitrogen and oxygen atoms in total. The molecule has 0 saturated heterocycles. The first-order valence-corrected chi connectivity index (χ1v) is 7.29. The van der Waals surface area contributed by atoms with Crippen molar-refractivity contribution in [2.75, 3.05) is 39.9 Å². The average molecular weight is 254 g/mol. The van der Waals surface area contributed by atoms with Crippen LogP contribution in [0.5, 0.6) is 0 Å². The summed E-state index contributed by atoms with van der Waals surface area (Å²) >= 11 is 0. The molecule has 1 rings (SSSR count). The largest absolute Gasteiger partial charge is 0.380 e. The minimum atomic E-state index is 0.670. The monoisotopic (exact) mass is 254 g/mol. The lowest BCUT2D eigenvalue weighted by Crippen LogP contribution is -2.44. The maximum atomic E-state index is 5.20. The molecule has 0 bridgehead atoms. The Morgan fingerprint density at radius 1 is 1.39 bits per heavy atom. The second-order valence-corrected chi connectivity index (χ2v) is 5.65. The van der Waals surface area contributed by atoms with Crippen molar-refractivity contribution >= 4 is 0 Å². The predicted octanol–water partition coefficient (Wildman–Crippen LogP) is 2.29. The van der Waals surface area contributed by atoms with Crippen molar-refractivity contribution in [3.05, 3.63) is 11.6 Å². The van der Waals surface area contributed by atoms with Crippen LogP contribution in [0.1, 0.15) is 33.6 Å². The molecule has 1 atom stereocenters. The van der Waals surface area contributed by atoms with Gasteiger partial charge in [-0.2, -0.15) is 0 Å². The van der Waals surface area contributed by atoms with E-state index in [0.29, 0.717) is 6.04 Å². The van der Waals surface area contributed by atoms with Crippen LogP contribution < -0.4 is 5.32 Å². The van der Waals surface area contributed by atoms with E-state index in [9.17, 15) is 0 Å². The third-order valence-electron chi connectivity index (χ3n) is 3.58. The molecule has 106 valence electrons. The zero-order valence-electron chi connectivity index (χ0n) is 12.5. The molecule has 0 aromatic rings. The summed E-state index contributed by atoms with van der Waals surface area (Å²) in [5.41, 5.74) is 1.46. The van der Waals surface area contributed by atoms with Crippen LogP contribution in [0.15, 0.2) is 11.6 Å². The van der Waals surface area contributed by atoms with Gasteiger partial charge < -0.3 is 10.1 Å². The minimum Gasteiger partial charge on any atom is -0.380 e. The molecule has 18 heavy (non-hydrogen) atoms. The zero-order chi connectivity index (χ0) is 13.4. The normalized spacial score (nSPS) is 19.1. The molecule has 0 spiro atoms. The number of methoxy groups -OCH3 is 1. The number of hydrogen-bond acceptors (Lipinski definition) is 3. The van der Waals surface area contributed by atoms with Crippen molar-refractivity contribution < 1.29 is 4.74 Å². The Kier molecular flexibility index (Phi) is 7.56. The highest BCUT2D eigenvalue weighted by molar-refractivity contribution is 5.08. The molecular weight excluding hydrogens is 224 g/mol. The number of nitrogens with zero attached hydrogens (tertiary/aromatic N) is 1. The number of nitrogens with one attached hydrogen (secondary N) is 1. The smallest absolute Gasteiger partial charge is 0.0673 e. The molecule has 0 aromatic heterocycles. The second-order valence-electron chi connectivity index (χ2n) is 5.65. The van der Waals surface area contributed by atoms with Crippen molar-refractivity contribution in [3.63, 3.8) is 0 Å². The van der Waals surface area contributed by atoms with E-state index in [2.05, 4.69) is 37.1 Å². The summed E-state index contributed by atoms with van der Waals surface area (Å²) in [4.78, 5) is 2.59. The Bertz CT molecular complexity index is 251. The molecule has 0 saturated carbocycles. The Morgan fingerprint density at radius 2 is 2.17 bits per heavy atom. The first-order valence-electron chi connectivity index (χ1n) is 7.29. The highest BCUT2D eigenvalue weighted by atomic mass is 16.5. The van der Waals surface area contributed by atoms with Gasteiger partial charge in [-0.1, -0.05) is 26.8 Å². The van der Waals surface area contributed by atoms with E-state index in [1.54, 1.807) is 7.11 Å². The van der Waals surface area contributed by atoms with E-state index in [-0.39, 0.29) is 0 Å². The molecule has 1 N–H and O–H groups in total. The highest BCUT2D eigenvalue weighted by Gasteiger charge is 2.19. The molecular formula is C15H30N2O. The van der Waals surface area contributed by atoms with Crippen molar-refractivity contribution in [1.82, 2.24) is 10.2 Å². The molecule has 0 radical (unpaired) electrons. The molecule has 0 fully saturated rings. The van der Waals surface area contributed by atoms with Gasteiger partial charge in [0, 0.05) is 32.8 Å². The fraction of sp³-hybridized carbons (Fsp3) is 0.867. The Balaban J connectivity index is 2.33. The van der Waals surface area contributed by atoms with Crippen LogP contribution in [-0.2, 0) is 4.74 Å². The van der Waals surface area contributed by atoms with Gasteiger partial charge in [-0.05, 0) is 30.9 Å². The van der Waals surface area contributed by atoms with Crippen molar-refractivity contribution in [3.8, 4) is 0 Å². The second kappa shape index (κ2) is 8.68. The van der Waals surface area contributed by atoms with E-state index in [1.807, 2.05) is 0 Å². The fourth-order valence-corrected chi connectivity index (χ4v) is 2.45. The highest BCUT2D eigenvalue weighted by Crippen LogP contribution is 2.14. The SMILES string of the molecule is CCC(CNCC(C)C)N1CC=C(COC)CC1. The Morgan fingerprint density at radius 3 is 2.67 bits per heavy atom. The van der Waals surface area contributed by atoms with Gasteiger partial charge in [0.15, 0.2) is 0 Å². The number of hydrogen-bond donors (Lipinski definition) is 1. The van der Waals surface area contributed by atoms with Gasteiger partial charge in [0.05, 0.1) is 6.61 Å². The van der Waals surface area contributed by atoms with E-state index in [1.165, 1.54) is 18.5 Å². The van der Waals surface area contributed by atoms with Gasteiger partial charge in [0.1, 0.15) is 0 Å². The first-order chi connectivity index (χ1) is 8.67. The fourth-order valence-electron chi connectivity index (χ4n) is 2.45. The summed E-state index contributed by atoms with van der Waals surface area (Å²) in [7, 11) is 1.78. The molecule has 1 heterocycles. The lowest BCUT2D eigenvalue weighted by Gasteiger charge is -2.33. The van der Waals surface area contributed by atoms with Crippen LogP contribution in [-0.4, -0.2) is 50.8 Å². The Hall–Kier alpha value is -0.380. The van der Waals surface area contributed by atoms with Crippen LogP contribution in [0.4, 0.5) is 0 Å². The summed E-state index contributed by atoms with van der Waals surface area (Å²) in [6, 6.07) is 0.670. The molecule has 3 heteroatoms. The lowest BCUT2D eigenvalue weighted by atomic mass is 10.1. The maximum Gasteiger partial charge on any atom is 0.0673 e. The summed E-state index contributed by atoms with van der Waals surface area (Å²) in [5.74, 6) is 0.733. The third-order valence-corrected chi connectivity index (χ3v) is 3.58. The van der Waals surface area contributed by atoms with Gasteiger partial charge >= 0.3 is 0 Å². The van der Waals surface area contributed by atoms with E-state index >= 15 is 0 Å². The molecule has 0 aliphatic carbocycles. The molecule has 0 amide bonds. The van der Waals surface area contributed by atoms with E-state index in [4.69, 9.17) is 4.74 Å². The van der Waals surface area contributed by atoms with Gasteiger partial charge in [0.2, 0.25) is 0 Å².